The van der Waals surface area contributed by atoms with Crippen LogP contribution in [0.4, 0.5) is 11.5 Å². The van der Waals surface area contributed by atoms with Gasteiger partial charge in [-0.05, 0) is 50.3 Å². The number of benzene rings is 1. The van der Waals surface area contributed by atoms with Gasteiger partial charge < -0.3 is 20.7 Å². The molecule has 1 unspecified atom stereocenters. The van der Waals surface area contributed by atoms with Crippen LogP contribution < -0.4 is 20.7 Å². The molecule has 0 saturated heterocycles. The third-order valence-corrected chi connectivity index (χ3v) is 7.14. The summed E-state index contributed by atoms with van der Waals surface area (Å²) >= 11 is 1.70. The van der Waals surface area contributed by atoms with E-state index in [1.54, 1.807) is 11.3 Å². The van der Waals surface area contributed by atoms with Gasteiger partial charge in [0.05, 0.1) is 24.0 Å². The second-order valence-corrected chi connectivity index (χ2v) is 9.63. The lowest BCUT2D eigenvalue weighted by atomic mass is 10.1. The molecule has 1 atom stereocenters. The van der Waals surface area contributed by atoms with Crippen molar-refractivity contribution in [2.24, 2.45) is 0 Å². The van der Waals surface area contributed by atoms with Gasteiger partial charge in [0, 0.05) is 11.1 Å². The van der Waals surface area contributed by atoms with Crippen LogP contribution in [0.15, 0.2) is 30.7 Å². The van der Waals surface area contributed by atoms with Gasteiger partial charge in [-0.1, -0.05) is 12.5 Å². The summed E-state index contributed by atoms with van der Waals surface area (Å²) in [6.45, 7) is 2.35. The molecule has 5 rings (SSSR count). The predicted molar refractivity (Wildman–Crippen MR) is 129 cm³/mol. The summed E-state index contributed by atoms with van der Waals surface area (Å²) < 4.78 is 5.43. The Morgan fingerprint density at radius 1 is 1.26 bits per heavy atom. The molecule has 176 valence electrons. The van der Waals surface area contributed by atoms with Crippen molar-refractivity contribution in [3.05, 3.63) is 57.4 Å². The highest BCUT2D eigenvalue weighted by molar-refractivity contribution is 7.11. The minimum Gasteiger partial charge on any atom is -0.482 e. The molecule has 0 fully saturated rings. The zero-order valence-corrected chi connectivity index (χ0v) is 19.7. The van der Waals surface area contributed by atoms with Crippen molar-refractivity contribution in [2.75, 3.05) is 17.2 Å². The van der Waals surface area contributed by atoms with Crippen LogP contribution in [-0.4, -0.2) is 33.4 Å². The van der Waals surface area contributed by atoms with Crippen LogP contribution in [0.2, 0.25) is 0 Å². The molecule has 2 amide bonds. The van der Waals surface area contributed by atoms with Crippen LogP contribution >= 0.6 is 11.3 Å². The summed E-state index contributed by atoms with van der Waals surface area (Å²) in [6.07, 6.45) is 8.67. The van der Waals surface area contributed by atoms with E-state index >= 15 is 0 Å². The van der Waals surface area contributed by atoms with Gasteiger partial charge in [-0.2, -0.15) is 0 Å². The van der Waals surface area contributed by atoms with E-state index in [-0.39, 0.29) is 24.5 Å². The Morgan fingerprint density at radius 2 is 2.15 bits per heavy atom. The number of ether oxygens (including phenoxy) is 1. The number of aryl methyl sites for hydroxylation is 2. The summed E-state index contributed by atoms with van der Waals surface area (Å²) in [5.74, 6) is 0.633. The number of thiazole rings is 1. The second-order valence-electron chi connectivity index (χ2n) is 8.46. The summed E-state index contributed by atoms with van der Waals surface area (Å²) in [6, 6.07) is 5.42. The number of fused-ring (bicyclic) bond motifs is 2. The average Bonchev–Trinajstić information content (AvgIpc) is 3.11. The highest BCUT2D eigenvalue weighted by atomic mass is 32.1. The van der Waals surface area contributed by atoms with Crippen molar-refractivity contribution in [2.45, 2.75) is 51.6 Å². The smallest absolute Gasteiger partial charge is 0.262 e. The van der Waals surface area contributed by atoms with E-state index in [9.17, 15) is 9.59 Å². The molecule has 2 aliphatic rings. The van der Waals surface area contributed by atoms with Crippen molar-refractivity contribution in [3.63, 3.8) is 0 Å². The lowest BCUT2D eigenvalue weighted by Gasteiger charge is -2.21. The van der Waals surface area contributed by atoms with Crippen molar-refractivity contribution in [1.29, 1.82) is 0 Å². The van der Waals surface area contributed by atoms with Gasteiger partial charge in [0.2, 0.25) is 0 Å². The predicted octanol–water partition coefficient (Wildman–Crippen LogP) is 3.64. The minimum absolute atomic E-state index is 0.0170. The zero-order valence-electron chi connectivity index (χ0n) is 18.9. The highest BCUT2D eigenvalue weighted by Crippen LogP contribution is 2.32. The fourth-order valence-electron chi connectivity index (χ4n) is 4.18. The maximum absolute atomic E-state index is 13.0. The number of carbonyl (C=O) groups excluding carboxylic acids is 2. The van der Waals surface area contributed by atoms with E-state index in [2.05, 4.69) is 25.9 Å². The monoisotopic (exact) mass is 478 g/mol. The minimum atomic E-state index is -0.258. The molecule has 3 heterocycles. The molecule has 1 aliphatic heterocycles. The molecular formula is C24H26N6O3S. The SMILES string of the molecule is CC(Nc1ncncc1C(=O)NCc1nc2c(s1)CCCCC2)c1ccc2c(c1)NC(=O)CO2. The van der Waals surface area contributed by atoms with Gasteiger partial charge >= 0.3 is 0 Å². The number of nitrogens with one attached hydrogen (secondary N) is 3. The van der Waals surface area contributed by atoms with Gasteiger partial charge in [0.25, 0.3) is 11.8 Å². The average molecular weight is 479 g/mol. The van der Waals surface area contributed by atoms with E-state index in [4.69, 9.17) is 9.72 Å². The molecule has 0 bridgehead atoms. The molecular weight excluding hydrogens is 452 g/mol. The third-order valence-electron chi connectivity index (χ3n) is 5.99. The fraction of sp³-hybridized carbons (Fsp3) is 0.375. The van der Waals surface area contributed by atoms with Crippen LogP contribution in [0.3, 0.4) is 0 Å². The van der Waals surface area contributed by atoms with Crippen molar-refractivity contribution in [1.82, 2.24) is 20.3 Å². The molecule has 0 radical (unpaired) electrons. The quantitative estimate of drug-likeness (QED) is 0.463. The summed E-state index contributed by atoms with van der Waals surface area (Å²) in [5, 5.41) is 10.0. The van der Waals surface area contributed by atoms with Gasteiger partial charge in [0.15, 0.2) is 6.61 Å². The molecule has 10 heteroatoms. The number of hydrogen-bond donors (Lipinski definition) is 3. The molecule has 3 N–H and O–H groups in total. The van der Waals surface area contributed by atoms with E-state index in [1.165, 1.54) is 42.4 Å². The Hall–Kier alpha value is -3.53. The summed E-state index contributed by atoms with van der Waals surface area (Å²) in [7, 11) is 0. The number of rotatable bonds is 6. The maximum atomic E-state index is 13.0. The first-order valence-electron chi connectivity index (χ1n) is 11.5. The van der Waals surface area contributed by atoms with Crippen LogP contribution in [0.5, 0.6) is 5.75 Å². The number of hydrogen-bond acceptors (Lipinski definition) is 8. The lowest BCUT2D eigenvalue weighted by Crippen LogP contribution is -2.26. The number of carbonyl (C=O) groups is 2. The second kappa shape index (κ2) is 9.76. The molecule has 0 spiro atoms. The molecule has 2 aromatic heterocycles. The molecule has 9 nitrogen and oxygen atoms in total. The van der Waals surface area contributed by atoms with E-state index < -0.39 is 0 Å². The summed E-state index contributed by atoms with van der Waals surface area (Å²) in [5.41, 5.74) is 3.10. The number of amides is 2. The fourth-order valence-corrected chi connectivity index (χ4v) is 5.27. The molecule has 3 aromatic rings. The van der Waals surface area contributed by atoms with Crippen molar-refractivity contribution >= 4 is 34.7 Å². The van der Waals surface area contributed by atoms with Crippen LogP contribution in [0, 0.1) is 0 Å². The Kier molecular flexibility index (Phi) is 6.39. The van der Waals surface area contributed by atoms with E-state index in [1.807, 2.05) is 25.1 Å². The van der Waals surface area contributed by atoms with Gasteiger partial charge in [-0.15, -0.1) is 11.3 Å². The Bertz CT molecular complexity index is 1200. The van der Waals surface area contributed by atoms with Crippen LogP contribution in [-0.2, 0) is 24.2 Å². The Balaban J connectivity index is 1.26. The first kappa shape index (κ1) is 22.3. The molecule has 34 heavy (non-hydrogen) atoms. The van der Waals surface area contributed by atoms with Gasteiger partial charge in [0.1, 0.15) is 28.5 Å². The van der Waals surface area contributed by atoms with Gasteiger partial charge in [-0.3, -0.25) is 9.59 Å². The van der Waals surface area contributed by atoms with E-state index in [0.29, 0.717) is 29.4 Å². The van der Waals surface area contributed by atoms with Crippen LogP contribution in [0.25, 0.3) is 0 Å². The zero-order chi connectivity index (χ0) is 23.5. The van der Waals surface area contributed by atoms with Crippen molar-refractivity contribution in [3.8, 4) is 5.75 Å². The number of nitrogens with zero attached hydrogens (tertiary/aromatic N) is 3. The summed E-state index contributed by atoms with van der Waals surface area (Å²) in [4.78, 5) is 39.0. The largest absolute Gasteiger partial charge is 0.482 e. The first-order chi connectivity index (χ1) is 16.6. The molecule has 0 saturated carbocycles. The first-order valence-corrected chi connectivity index (χ1v) is 12.3. The highest BCUT2D eigenvalue weighted by Gasteiger charge is 2.20. The number of anilines is 2. The maximum Gasteiger partial charge on any atom is 0.262 e. The van der Waals surface area contributed by atoms with Gasteiger partial charge in [-0.25, -0.2) is 15.0 Å². The third kappa shape index (κ3) is 4.86. The topological polar surface area (TPSA) is 118 Å². The van der Waals surface area contributed by atoms with Crippen LogP contribution in [0.1, 0.15) is 63.7 Å². The van der Waals surface area contributed by atoms with Crippen molar-refractivity contribution < 1.29 is 14.3 Å². The van der Waals surface area contributed by atoms with E-state index in [0.717, 1.165) is 23.4 Å². The standard InChI is InChI=1S/C24H26N6O3S/c1-14(15-7-8-19-18(9-15)29-21(31)12-33-19)28-23-16(10-25-13-27-23)24(32)26-11-22-30-17-5-3-2-4-6-20(17)34-22/h7-10,13-14H,2-6,11-12H2,1H3,(H,26,32)(H,29,31)(H,25,27,28). The normalized spacial score (nSPS) is 15.7. The lowest BCUT2D eigenvalue weighted by molar-refractivity contribution is -0.118. The Morgan fingerprint density at radius 3 is 3.06 bits per heavy atom. The molecule has 1 aliphatic carbocycles. The Labute approximate surface area is 201 Å². The molecule has 1 aromatic carbocycles. The number of aromatic nitrogens is 3.